The normalized spacial score (nSPS) is 23.5. The fourth-order valence-electron chi connectivity index (χ4n) is 2.72. The van der Waals surface area contributed by atoms with Crippen LogP contribution in [-0.4, -0.2) is 26.8 Å². The molecule has 2 atom stereocenters. The summed E-state index contributed by atoms with van der Waals surface area (Å²) in [6.07, 6.45) is 3.33. The molecule has 3 N–H and O–H groups in total. The number of hydrogen-bond acceptors (Lipinski definition) is 4. The van der Waals surface area contributed by atoms with E-state index in [1.54, 1.807) is 19.1 Å². The Morgan fingerprint density at radius 3 is 2.74 bits per heavy atom. The molecule has 0 spiro atoms. The number of anilines is 1. The molecule has 0 aromatic heterocycles. The molecule has 2 unspecified atom stereocenters. The number of nitrogens with one attached hydrogen (secondary N) is 1. The third kappa shape index (κ3) is 3.09. The average molecular weight is 282 g/mol. The maximum absolute atomic E-state index is 12.1. The van der Waals surface area contributed by atoms with Crippen LogP contribution in [0.25, 0.3) is 0 Å². The van der Waals surface area contributed by atoms with Crippen LogP contribution >= 0.6 is 0 Å². The van der Waals surface area contributed by atoms with Gasteiger partial charge in [-0.05, 0) is 37.4 Å². The van der Waals surface area contributed by atoms with Gasteiger partial charge in [-0.25, -0.2) is 8.42 Å². The van der Waals surface area contributed by atoms with Crippen molar-refractivity contribution in [2.45, 2.75) is 37.1 Å². The Morgan fingerprint density at radius 2 is 2.05 bits per heavy atom. The van der Waals surface area contributed by atoms with E-state index in [0.29, 0.717) is 23.4 Å². The Bertz CT molecular complexity index is 528. The Balaban J connectivity index is 2.26. The van der Waals surface area contributed by atoms with Gasteiger partial charge in [0.05, 0.1) is 16.3 Å². The zero-order valence-corrected chi connectivity index (χ0v) is 12.1. The van der Waals surface area contributed by atoms with Crippen LogP contribution in [0.2, 0.25) is 0 Å². The Kier molecular flexibility index (Phi) is 4.47. The second-order valence-electron chi connectivity index (χ2n) is 5.08. The first kappa shape index (κ1) is 14.3. The SMILES string of the molecule is CCS(=O)(=O)c1ccccc1NC1CCCC1CN. The van der Waals surface area contributed by atoms with Crippen LogP contribution in [0.15, 0.2) is 29.2 Å². The summed E-state index contributed by atoms with van der Waals surface area (Å²) in [7, 11) is -3.19. The van der Waals surface area contributed by atoms with Crippen molar-refractivity contribution in [1.29, 1.82) is 0 Å². The molecule has 1 aromatic carbocycles. The quantitative estimate of drug-likeness (QED) is 0.866. The molecule has 0 radical (unpaired) electrons. The van der Waals surface area contributed by atoms with E-state index in [9.17, 15) is 8.42 Å². The topological polar surface area (TPSA) is 72.2 Å². The first-order chi connectivity index (χ1) is 9.08. The van der Waals surface area contributed by atoms with Gasteiger partial charge in [-0.15, -0.1) is 0 Å². The minimum absolute atomic E-state index is 0.122. The van der Waals surface area contributed by atoms with Crippen molar-refractivity contribution in [3.8, 4) is 0 Å². The lowest BCUT2D eigenvalue weighted by Crippen LogP contribution is -2.30. The van der Waals surface area contributed by atoms with Crippen molar-refractivity contribution in [1.82, 2.24) is 0 Å². The first-order valence-corrected chi connectivity index (χ1v) is 8.52. The van der Waals surface area contributed by atoms with Crippen molar-refractivity contribution < 1.29 is 8.42 Å². The zero-order valence-electron chi connectivity index (χ0n) is 11.3. The molecule has 1 aromatic rings. The third-order valence-electron chi connectivity index (χ3n) is 3.90. The first-order valence-electron chi connectivity index (χ1n) is 6.87. The second kappa shape index (κ2) is 5.92. The fraction of sp³-hybridized carbons (Fsp3) is 0.571. The van der Waals surface area contributed by atoms with E-state index >= 15 is 0 Å². The van der Waals surface area contributed by atoms with E-state index in [1.165, 1.54) is 0 Å². The van der Waals surface area contributed by atoms with Crippen molar-refractivity contribution in [3.05, 3.63) is 24.3 Å². The predicted molar refractivity (Wildman–Crippen MR) is 78.0 cm³/mol. The van der Waals surface area contributed by atoms with E-state index in [4.69, 9.17) is 5.73 Å². The van der Waals surface area contributed by atoms with Gasteiger partial charge in [-0.3, -0.25) is 0 Å². The Hall–Kier alpha value is -1.07. The highest BCUT2D eigenvalue weighted by molar-refractivity contribution is 7.91. The summed E-state index contributed by atoms with van der Waals surface area (Å²) < 4.78 is 24.2. The molecule has 19 heavy (non-hydrogen) atoms. The van der Waals surface area contributed by atoms with Gasteiger partial charge >= 0.3 is 0 Å². The fourth-order valence-corrected chi connectivity index (χ4v) is 3.78. The molecule has 0 bridgehead atoms. The number of para-hydroxylation sites is 1. The number of nitrogens with two attached hydrogens (primary N) is 1. The molecule has 5 heteroatoms. The lowest BCUT2D eigenvalue weighted by Gasteiger charge is -2.22. The molecule has 1 fully saturated rings. The summed E-state index contributed by atoms with van der Waals surface area (Å²) in [6, 6.07) is 7.44. The minimum Gasteiger partial charge on any atom is -0.381 e. The summed E-state index contributed by atoms with van der Waals surface area (Å²) >= 11 is 0. The van der Waals surface area contributed by atoms with Crippen molar-refractivity contribution >= 4 is 15.5 Å². The monoisotopic (exact) mass is 282 g/mol. The van der Waals surface area contributed by atoms with Gasteiger partial charge in [-0.2, -0.15) is 0 Å². The maximum atomic E-state index is 12.1. The second-order valence-corrected chi connectivity index (χ2v) is 7.32. The summed E-state index contributed by atoms with van der Waals surface area (Å²) in [4.78, 5) is 0.403. The molecule has 106 valence electrons. The molecule has 0 heterocycles. The molecular weight excluding hydrogens is 260 g/mol. The van der Waals surface area contributed by atoms with Crippen LogP contribution in [0.1, 0.15) is 26.2 Å². The number of benzene rings is 1. The molecule has 0 saturated heterocycles. The summed E-state index contributed by atoms with van der Waals surface area (Å²) in [5, 5.41) is 3.39. The van der Waals surface area contributed by atoms with Crippen LogP contribution in [0, 0.1) is 5.92 Å². The molecule has 0 amide bonds. The molecule has 2 rings (SSSR count). The lowest BCUT2D eigenvalue weighted by molar-refractivity contribution is 0.515. The zero-order chi connectivity index (χ0) is 13.9. The summed E-state index contributed by atoms with van der Waals surface area (Å²) in [5.41, 5.74) is 6.49. The van der Waals surface area contributed by atoms with E-state index in [0.717, 1.165) is 24.9 Å². The maximum Gasteiger partial charge on any atom is 0.180 e. The van der Waals surface area contributed by atoms with Crippen LogP contribution < -0.4 is 11.1 Å². The predicted octanol–water partition coefficient (Wildman–Crippen LogP) is 2.02. The molecule has 0 aliphatic heterocycles. The van der Waals surface area contributed by atoms with Crippen molar-refractivity contribution in [2.75, 3.05) is 17.6 Å². The molecule has 1 saturated carbocycles. The molecule has 4 nitrogen and oxygen atoms in total. The van der Waals surface area contributed by atoms with Gasteiger partial charge in [-0.1, -0.05) is 25.5 Å². The largest absolute Gasteiger partial charge is 0.381 e. The standard InChI is InChI=1S/C14H22N2O2S/c1-2-19(17,18)14-9-4-3-7-13(14)16-12-8-5-6-11(12)10-15/h3-4,7,9,11-12,16H,2,5-6,8,10,15H2,1H3. The van der Waals surface area contributed by atoms with Gasteiger partial charge in [0.2, 0.25) is 0 Å². The van der Waals surface area contributed by atoms with Crippen molar-refractivity contribution in [2.24, 2.45) is 11.7 Å². The number of sulfone groups is 1. The molecule has 1 aliphatic rings. The number of hydrogen-bond donors (Lipinski definition) is 2. The van der Waals surface area contributed by atoms with E-state index in [2.05, 4.69) is 5.32 Å². The van der Waals surface area contributed by atoms with Gasteiger partial charge < -0.3 is 11.1 Å². The lowest BCUT2D eigenvalue weighted by atomic mass is 10.0. The summed E-state index contributed by atoms with van der Waals surface area (Å²) in [6.45, 7) is 2.32. The van der Waals surface area contributed by atoms with E-state index < -0.39 is 9.84 Å². The van der Waals surface area contributed by atoms with Crippen LogP contribution in [0.5, 0.6) is 0 Å². The van der Waals surface area contributed by atoms with Crippen LogP contribution in [-0.2, 0) is 9.84 Å². The van der Waals surface area contributed by atoms with Gasteiger partial charge in [0, 0.05) is 6.04 Å². The average Bonchev–Trinajstić information content (AvgIpc) is 2.86. The highest BCUT2D eigenvalue weighted by atomic mass is 32.2. The van der Waals surface area contributed by atoms with Gasteiger partial charge in [0.1, 0.15) is 0 Å². The molecule has 1 aliphatic carbocycles. The Labute approximate surface area is 115 Å². The summed E-state index contributed by atoms with van der Waals surface area (Å²) in [5.74, 6) is 0.564. The van der Waals surface area contributed by atoms with E-state index in [-0.39, 0.29) is 5.75 Å². The van der Waals surface area contributed by atoms with Gasteiger partial charge in [0.15, 0.2) is 9.84 Å². The van der Waals surface area contributed by atoms with Crippen LogP contribution in [0.3, 0.4) is 0 Å². The highest BCUT2D eigenvalue weighted by Crippen LogP contribution is 2.30. The third-order valence-corrected chi connectivity index (χ3v) is 5.69. The Morgan fingerprint density at radius 1 is 1.32 bits per heavy atom. The van der Waals surface area contributed by atoms with E-state index in [1.807, 2.05) is 12.1 Å². The van der Waals surface area contributed by atoms with Crippen molar-refractivity contribution in [3.63, 3.8) is 0 Å². The van der Waals surface area contributed by atoms with Crippen LogP contribution in [0.4, 0.5) is 5.69 Å². The van der Waals surface area contributed by atoms with Gasteiger partial charge in [0.25, 0.3) is 0 Å². The minimum atomic E-state index is -3.19. The number of rotatable bonds is 5. The highest BCUT2D eigenvalue weighted by Gasteiger charge is 2.27. The smallest absolute Gasteiger partial charge is 0.180 e. The molecular formula is C14H22N2O2S.